The maximum absolute atomic E-state index is 12.4. The highest BCUT2D eigenvalue weighted by Crippen LogP contribution is 2.24. The van der Waals surface area contributed by atoms with Crippen molar-refractivity contribution >= 4 is 5.91 Å². The fraction of sp³-hybridized carbons (Fsp3) is 0.333. The first kappa shape index (κ1) is 13.5. The van der Waals surface area contributed by atoms with Gasteiger partial charge in [-0.05, 0) is 29.7 Å². The lowest BCUT2D eigenvalue weighted by Gasteiger charge is -2.28. The SMILES string of the molecule is COc1ccc2c(c1)CN(C(=O)c1cn(C)c(=O)[nH]1)CC2. The Balaban J connectivity index is 1.85. The molecule has 1 aromatic carbocycles. The van der Waals surface area contributed by atoms with Crippen LogP contribution in [0.3, 0.4) is 0 Å². The summed E-state index contributed by atoms with van der Waals surface area (Å²) < 4.78 is 6.59. The van der Waals surface area contributed by atoms with Gasteiger partial charge in [0.15, 0.2) is 0 Å². The average molecular weight is 287 g/mol. The quantitative estimate of drug-likeness (QED) is 0.893. The first-order valence-electron chi connectivity index (χ1n) is 6.79. The number of hydrogen-bond acceptors (Lipinski definition) is 3. The Labute approximate surface area is 122 Å². The first-order valence-corrected chi connectivity index (χ1v) is 6.79. The zero-order valence-corrected chi connectivity index (χ0v) is 12.0. The molecule has 0 fully saturated rings. The van der Waals surface area contributed by atoms with Crippen LogP contribution in [0.15, 0.2) is 29.2 Å². The smallest absolute Gasteiger partial charge is 0.325 e. The number of nitrogens with zero attached hydrogens (tertiary/aromatic N) is 2. The number of ether oxygens (including phenoxy) is 1. The number of fused-ring (bicyclic) bond motifs is 1. The zero-order valence-electron chi connectivity index (χ0n) is 12.0. The molecule has 0 radical (unpaired) electrons. The van der Waals surface area contributed by atoms with Gasteiger partial charge in [0.1, 0.15) is 11.4 Å². The summed E-state index contributed by atoms with van der Waals surface area (Å²) in [5.41, 5.74) is 2.37. The topological polar surface area (TPSA) is 67.3 Å². The second-order valence-electron chi connectivity index (χ2n) is 5.20. The largest absolute Gasteiger partial charge is 0.497 e. The van der Waals surface area contributed by atoms with Crippen LogP contribution in [0.4, 0.5) is 0 Å². The Bertz CT molecular complexity index is 745. The lowest BCUT2D eigenvalue weighted by Crippen LogP contribution is -2.36. The summed E-state index contributed by atoms with van der Waals surface area (Å²) in [5.74, 6) is 0.636. The van der Waals surface area contributed by atoms with E-state index in [1.807, 2.05) is 18.2 Å². The number of rotatable bonds is 2. The van der Waals surface area contributed by atoms with Crippen LogP contribution in [0.1, 0.15) is 21.6 Å². The predicted octanol–water partition coefficient (Wildman–Crippen LogP) is 0.920. The summed E-state index contributed by atoms with van der Waals surface area (Å²) in [6.07, 6.45) is 2.34. The number of aryl methyl sites for hydroxylation is 1. The van der Waals surface area contributed by atoms with Crippen LogP contribution in [0, 0.1) is 0 Å². The molecule has 0 spiro atoms. The van der Waals surface area contributed by atoms with Gasteiger partial charge in [0.25, 0.3) is 5.91 Å². The minimum atomic E-state index is -0.280. The molecule has 21 heavy (non-hydrogen) atoms. The van der Waals surface area contributed by atoms with Crippen molar-refractivity contribution in [2.45, 2.75) is 13.0 Å². The van der Waals surface area contributed by atoms with Crippen LogP contribution < -0.4 is 10.4 Å². The summed E-state index contributed by atoms with van der Waals surface area (Å²) in [7, 11) is 3.24. The Morgan fingerprint density at radius 1 is 1.33 bits per heavy atom. The van der Waals surface area contributed by atoms with Gasteiger partial charge in [-0.15, -0.1) is 0 Å². The van der Waals surface area contributed by atoms with Crippen LogP contribution in [0.5, 0.6) is 5.75 Å². The third kappa shape index (κ3) is 2.44. The summed E-state index contributed by atoms with van der Waals surface area (Å²) in [6.45, 7) is 1.18. The Morgan fingerprint density at radius 3 is 2.81 bits per heavy atom. The van der Waals surface area contributed by atoms with Crippen molar-refractivity contribution in [3.63, 3.8) is 0 Å². The highest BCUT2D eigenvalue weighted by molar-refractivity contribution is 5.92. The molecule has 1 amide bonds. The van der Waals surface area contributed by atoms with E-state index in [1.165, 1.54) is 16.3 Å². The highest BCUT2D eigenvalue weighted by Gasteiger charge is 2.23. The third-order valence-electron chi connectivity index (χ3n) is 3.83. The molecule has 1 aliphatic rings. The van der Waals surface area contributed by atoms with E-state index in [2.05, 4.69) is 4.98 Å². The molecule has 6 nitrogen and oxygen atoms in total. The Kier molecular flexibility index (Phi) is 3.29. The van der Waals surface area contributed by atoms with E-state index in [4.69, 9.17) is 4.74 Å². The van der Waals surface area contributed by atoms with E-state index >= 15 is 0 Å². The number of methoxy groups -OCH3 is 1. The average Bonchev–Trinajstić information content (AvgIpc) is 2.84. The number of benzene rings is 1. The first-order chi connectivity index (χ1) is 10.1. The highest BCUT2D eigenvalue weighted by atomic mass is 16.5. The van der Waals surface area contributed by atoms with Crippen molar-refractivity contribution < 1.29 is 9.53 Å². The molecule has 3 rings (SSSR count). The maximum Gasteiger partial charge on any atom is 0.325 e. The molecule has 0 aliphatic carbocycles. The van der Waals surface area contributed by atoms with Crippen LogP contribution in [0.2, 0.25) is 0 Å². The molecular formula is C15H17N3O3. The number of carbonyl (C=O) groups excluding carboxylic acids is 1. The van der Waals surface area contributed by atoms with Crippen molar-refractivity contribution in [2.75, 3.05) is 13.7 Å². The predicted molar refractivity (Wildman–Crippen MR) is 77.5 cm³/mol. The number of H-pyrrole nitrogens is 1. The molecule has 0 atom stereocenters. The zero-order chi connectivity index (χ0) is 15.0. The van der Waals surface area contributed by atoms with Gasteiger partial charge in [0, 0.05) is 26.3 Å². The molecule has 1 aliphatic heterocycles. The number of nitrogens with one attached hydrogen (secondary N) is 1. The number of carbonyl (C=O) groups is 1. The van der Waals surface area contributed by atoms with E-state index in [-0.39, 0.29) is 11.6 Å². The summed E-state index contributed by atoms with van der Waals surface area (Å²) in [4.78, 5) is 28.2. The van der Waals surface area contributed by atoms with Crippen molar-refractivity contribution in [1.82, 2.24) is 14.5 Å². The molecule has 6 heteroatoms. The number of imidazole rings is 1. The lowest BCUT2D eigenvalue weighted by atomic mass is 9.99. The molecule has 0 bridgehead atoms. The number of aromatic nitrogens is 2. The van der Waals surface area contributed by atoms with Crippen LogP contribution >= 0.6 is 0 Å². The normalized spacial score (nSPS) is 13.9. The van der Waals surface area contributed by atoms with Crippen molar-refractivity contribution in [2.24, 2.45) is 7.05 Å². The molecule has 2 heterocycles. The van der Waals surface area contributed by atoms with Gasteiger partial charge in [-0.2, -0.15) is 0 Å². The molecule has 0 saturated carbocycles. The fourth-order valence-corrected chi connectivity index (χ4v) is 2.60. The minimum absolute atomic E-state index is 0.152. The van der Waals surface area contributed by atoms with Gasteiger partial charge >= 0.3 is 5.69 Å². The van der Waals surface area contributed by atoms with E-state index < -0.39 is 0 Å². The number of amides is 1. The van der Waals surface area contributed by atoms with E-state index in [0.29, 0.717) is 18.8 Å². The molecule has 0 unspecified atom stereocenters. The molecule has 1 aromatic heterocycles. The molecule has 110 valence electrons. The standard InChI is InChI=1S/C15H17N3O3/c1-17-9-13(16-15(17)20)14(19)18-6-5-10-3-4-12(21-2)7-11(10)8-18/h3-4,7,9H,5-6,8H2,1-2H3,(H,16,20). The summed E-state index contributed by atoms with van der Waals surface area (Å²) in [6, 6.07) is 5.94. The van der Waals surface area contributed by atoms with Gasteiger partial charge in [0.05, 0.1) is 7.11 Å². The fourth-order valence-electron chi connectivity index (χ4n) is 2.60. The van der Waals surface area contributed by atoms with Gasteiger partial charge < -0.3 is 19.2 Å². The minimum Gasteiger partial charge on any atom is -0.497 e. The van der Waals surface area contributed by atoms with Crippen molar-refractivity contribution in [1.29, 1.82) is 0 Å². The van der Waals surface area contributed by atoms with Gasteiger partial charge in [0.2, 0.25) is 0 Å². The second kappa shape index (κ2) is 5.12. The molecule has 2 aromatic rings. The van der Waals surface area contributed by atoms with Gasteiger partial charge in [-0.3, -0.25) is 4.79 Å². The molecule has 0 saturated heterocycles. The Hall–Kier alpha value is -2.50. The summed E-state index contributed by atoms with van der Waals surface area (Å²) >= 11 is 0. The Morgan fingerprint density at radius 2 is 2.14 bits per heavy atom. The van der Waals surface area contributed by atoms with Crippen LogP contribution in [-0.4, -0.2) is 34.0 Å². The van der Waals surface area contributed by atoms with E-state index in [0.717, 1.165) is 17.7 Å². The number of hydrogen-bond donors (Lipinski definition) is 1. The van der Waals surface area contributed by atoms with E-state index in [9.17, 15) is 9.59 Å². The van der Waals surface area contributed by atoms with Gasteiger partial charge in [-0.1, -0.05) is 6.07 Å². The molecule has 1 N–H and O–H groups in total. The lowest BCUT2D eigenvalue weighted by molar-refractivity contribution is 0.0729. The van der Waals surface area contributed by atoms with Gasteiger partial charge in [-0.25, -0.2) is 4.79 Å². The van der Waals surface area contributed by atoms with Crippen molar-refractivity contribution in [3.8, 4) is 5.75 Å². The maximum atomic E-state index is 12.4. The monoisotopic (exact) mass is 287 g/mol. The van der Waals surface area contributed by atoms with Crippen LogP contribution in [-0.2, 0) is 20.0 Å². The third-order valence-corrected chi connectivity index (χ3v) is 3.83. The summed E-state index contributed by atoms with van der Waals surface area (Å²) in [5, 5.41) is 0. The van der Waals surface area contributed by atoms with E-state index in [1.54, 1.807) is 19.1 Å². The number of aromatic amines is 1. The van der Waals surface area contributed by atoms with Crippen molar-refractivity contribution in [3.05, 3.63) is 51.7 Å². The van der Waals surface area contributed by atoms with Crippen LogP contribution in [0.25, 0.3) is 0 Å². The second-order valence-corrected chi connectivity index (χ2v) is 5.20. The molecular weight excluding hydrogens is 270 g/mol.